The van der Waals surface area contributed by atoms with Gasteiger partial charge in [-0.05, 0) is 66.7 Å². The minimum absolute atomic E-state index is 0.0845. The van der Waals surface area contributed by atoms with Crippen molar-refractivity contribution in [3.8, 4) is 0 Å². The molecular weight excluding hydrogens is 528 g/mol. The van der Waals surface area contributed by atoms with E-state index >= 15 is 0 Å². The molecule has 0 atom stereocenters. The van der Waals surface area contributed by atoms with Crippen molar-refractivity contribution in [3.63, 3.8) is 0 Å². The fourth-order valence-electron chi connectivity index (χ4n) is 3.74. The Kier molecular flexibility index (Phi) is 6.92. The van der Waals surface area contributed by atoms with Crippen molar-refractivity contribution in [2.45, 2.75) is 11.4 Å². The van der Waals surface area contributed by atoms with Gasteiger partial charge in [0.05, 0.1) is 33.0 Å². The second-order valence-electron chi connectivity index (χ2n) is 8.15. The van der Waals surface area contributed by atoms with Crippen LogP contribution in [0, 0.1) is 0 Å². The highest BCUT2D eigenvalue weighted by molar-refractivity contribution is 7.92. The van der Waals surface area contributed by atoms with Crippen LogP contribution in [0.5, 0.6) is 0 Å². The van der Waals surface area contributed by atoms with Crippen molar-refractivity contribution in [1.29, 1.82) is 0 Å². The molecule has 0 unspecified atom stereocenters. The summed E-state index contributed by atoms with van der Waals surface area (Å²) in [6.07, 6.45) is 1.67. The largest absolute Gasteiger partial charge is 0.278 e. The van der Waals surface area contributed by atoms with Crippen molar-refractivity contribution in [2.75, 3.05) is 16.3 Å². The van der Waals surface area contributed by atoms with E-state index in [1.165, 1.54) is 47.0 Å². The van der Waals surface area contributed by atoms with Gasteiger partial charge in [0.2, 0.25) is 0 Å². The fourth-order valence-corrected chi connectivity index (χ4v) is 6.18. The Labute approximate surface area is 223 Å². The van der Waals surface area contributed by atoms with Gasteiger partial charge in [0, 0.05) is 23.8 Å². The molecule has 186 valence electrons. The Balaban J connectivity index is 1.47. The second kappa shape index (κ2) is 10.3. The number of thiazole rings is 1. The molecule has 2 aromatic heterocycles. The number of rotatable bonds is 7. The van der Waals surface area contributed by atoms with Crippen LogP contribution in [0.1, 0.15) is 16.1 Å². The van der Waals surface area contributed by atoms with Gasteiger partial charge < -0.3 is 0 Å². The first-order valence-corrected chi connectivity index (χ1v) is 13.9. The maximum Gasteiger partial charge on any atom is 0.264 e. The zero-order valence-corrected chi connectivity index (χ0v) is 22.0. The van der Waals surface area contributed by atoms with Crippen LogP contribution in [0.3, 0.4) is 0 Å². The molecule has 5 rings (SSSR count). The molecule has 0 spiro atoms. The van der Waals surface area contributed by atoms with Crippen LogP contribution < -0.4 is 9.21 Å². The van der Waals surface area contributed by atoms with E-state index in [2.05, 4.69) is 9.97 Å². The molecule has 3 aromatic carbocycles. The quantitative estimate of drug-likeness (QED) is 0.248. The summed E-state index contributed by atoms with van der Waals surface area (Å²) in [7, 11) is -2.30. The van der Waals surface area contributed by atoms with E-state index in [1.807, 2.05) is 30.3 Å². The maximum absolute atomic E-state index is 13.7. The third-order valence-electron chi connectivity index (χ3n) is 5.74. The number of halogens is 1. The molecule has 0 bridgehead atoms. The predicted octanol–water partition coefficient (Wildman–Crippen LogP) is 6.02. The van der Waals surface area contributed by atoms with Crippen LogP contribution in [0.4, 0.5) is 10.8 Å². The van der Waals surface area contributed by atoms with Gasteiger partial charge in [-0.2, -0.15) is 0 Å². The van der Waals surface area contributed by atoms with E-state index < -0.39 is 10.0 Å². The monoisotopic (exact) mass is 548 g/mol. The number of sulfonamides is 1. The molecule has 0 fully saturated rings. The van der Waals surface area contributed by atoms with Crippen LogP contribution in [-0.4, -0.2) is 31.3 Å². The molecule has 7 nitrogen and oxygen atoms in total. The highest BCUT2D eigenvalue weighted by Crippen LogP contribution is 2.32. The van der Waals surface area contributed by atoms with Gasteiger partial charge in [-0.1, -0.05) is 47.2 Å². The zero-order chi connectivity index (χ0) is 26.0. The molecule has 0 saturated carbocycles. The molecule has 5 aromatic rings. The summed E-state index contributed by atoms with van der Waals surface area (Å²) in [5, 5.41) is 1.08. The topological polar surface area (TPSA) is 83.5 Å². The molecule has 0 aliphatic heterocycles. The zero-order valence-electron chi connectivity index (χ0n) is 19.7. The molecular formula is C27H21ClN4O3S2. The summed E-state index contributed by atoms with van der Waals surface area (Å²) >= 11 is 7.49. The fraction of sp³-hybridized carbons (Fsp3) is 0.0741. The third kappa shape index (κ3) is 5.20. The number of para-hydroxylation sites is 1. The van der Waals surface area contributed by atoms with E-state index in [1.54, 1.807) is 47.5 Å². The van der Waals surface area contributed by atoms with Crippen molar-refractivity contribution < 1.29 is 13.2 Å². The Bertz CT molecular complexity index is 1660. The molecule has 1 amide bonds. The molecule has 0 radical (unpaired) electrons. The number of hydrogen-bond acceptors (Lipinski definition) is 6. The van der Waals surface area contributed by atoms with Crippen LogP contribution in [0.2, 0.25) is 5.02 Å². The van der Waals surface area contributed by atoms with Crippen molar-refractivity contribution in [2.24, 2.45) is 0 Å². The van der Waals surface area contributed by atoms with Gasteiger partial charge in [0.15, 0.2) is 5.13 Å². The lowest BCUT2D eigenvalue weighted by molar-refractivity contribution is 0.0984. The molecule has 37 heavy (non-hydrogen) atoms. The standard InChI is InChI=1S/C27H21ClN4O3S2/c1-31(22-8-3-2-4-9-22)37(34,35)23-13-10-19(11-14-23)26(33)32(18-21-7-5-6-16-29-21)27-30-24-15-12-20(28)17-25(24)36-27/h2-17H,18H2,1H3. The SMILES string of the molecule is CN(c1ccccc1)S(=O)(=O)c1ccc(C(=O)N(Cc2ccccn2)c2nc3ccc(Cl)cc3s2)cc1. The summed E-state index contributed by atoms with van der Waals surface area (Å²) in [6, 6.07) is 25.6. The van der Waals surface area contributed by atoms with Gasteiger partial charge >= 0.3 is 0 Å². The highest BCUT2D eigenvalue weighted by atomic mass is 35.5. The molecule has 0 aliphatic carbocycles. The lowest BCUT2D eigenvalue weighted by atomic mass is 10.2. The van der Waals surface area contributed by atoms with Crippen LogP contribution in [0.15, 0.2) is 102 Å². The first-order valence-electron chi connectivity index (χ1n) is 11.2. The van der Waals surface area contributed by atoms with Gasteiger partial charge in [-0.3, -0.25) is 19.0 Å². The van der Waals surface area contributed by atoms with Gasteiger partial charge in [-0.15, -0.1) is 0 Å². The smallest absolute Gasteiger partial charge is 0.264 e. The van der Waals surface area contributed by atoms with Gasteiger partial charge in [0.25, 0.3) is 15.9 Å². The number of aromatic nitrogens is 2. The minimum Gasteiger partial charge on any atom is -0.278 e. The number of hydrogen-bond donors (Lipinski definition) is 0. The van der Waals surface area contributed by atoms with E-state index in [4.69, 9.17) is 11.6 Å². The summed E-state index contributed by atoms with van der Waals surface area (Å²) in [5.74, 6) is -0.323. The van der Waals surface area contributed by atoms with E-state index in [-0.39, 0.29) is 17.3 Å². The number of nitrogens with zero attached hydrogens (tertiary/aromatic N) is 4. The molecule has 2 heterocycles. The van der Waals surface area contributed by atoms with Crippen molar-refractivity contribution in [1.82, 2.24) is 9.97 Å². The van der Waals surface area contributed by atoms with Crippen LogP contribution >= 0.6 is 22.9 Å². The summed E-state index contributed by atoms with van der Waals surface area (Å²) in [6.45, 7) is 0.198. The number of carbonyl (C=O) groups excluding carboxylic acids is 1. The van der Waals surface area contributed by atoms with E-state index in [9.17, 15) is 13.2 Å². The van der Waals surface area contributed by atoms with Gasteiger partial charge in [0.1, 0.15) is 0 Å². The molecule has 0 N–H and O–H groups in total. The lowest BCUT2D eigenvalue weighted by Crippen LogP contribution is -2.31. The lowest BCUT2D eigenvalue weighted by Gasteiger charge is -2.21. The number of pyridine rings is 1. The van der Waals surface area contributed by atoms with E-state index in [0.717, 1.165) is 10.2 Å². The summed E-state index contributed by atoms with van der Waals surface area (Å²) < 4.78 is 28.3. The predicted molar refractivity (Wildman–Crippen MR) is 148 cm³/mol. The second-order valence-corrected chi connectivity index (χ2v) is 11.6. The van der Waals surface area contributed by atoms with E-state index in [0.29, 0.717) is 27.1 Å². The summed E-state index contributed by atoms with van der Waals surface area (Å²) in [4.78, 5) is 24.3. The first-order chi connectivity index (χ1) is 17.8. The maximum atomic E-state index is 13.7. The number of amides is 1. The average molecular weight is 549 g/mol. The Hall–Kier alpha value is -3.79. The van der Waals surface area contributed by atoms with Crippen molar-refractivity contribution >= 4 is 59.9 Å². The average Bonchev–Trinajstić information content (AvgIpc) is 3.35. The molecule has 10 heteroatoms. The number of anilines is 2. The normalized spacial score (nSPS) is 11.4. The Morgan fingerprint density at radius 1 is 0.946 bits per heavy atom. The highest BCUT2D eigenvalue weighted by Gasteiger charge is 2.25. The number of carbonyl (C=O) groups is 1. The molecule has 0 saturated heterocycles. The van der Waals surface area contributed by atoms with Crippen molar-refractivity contribution in [3.05, 3.63) is 113 Å². The number of fused-ring (bicyclic) bond motifs is 1. The first kappa shape index (κ1) is 24.9. The number of benzene rings is 3. The van der Waals surface area contributed by atoms with Crippen LogP contribution in [0.25, 0.3) is 10.2 Å². The summed E-state index contributed by atoms with van der Waals surface area (Å²) in [5.41, 5.74) is 2.29. The van der Waals surface area contributed by atoms with Crippen LogP contribution in [-0.2, 0) is 16.6 Å². The van der Waals surface area contributed by atoms with Gasteiger partial charge in [-0.25, -0.2) is 13.4 Å². The Morgan fingerprint density at radius 2 is 1.68 bits per heavy atom. The molecule has 0 aliphatic rings. The third-order valence-corrected chi connectivity index (χ3v) is 8.82. The minimum atomic E-state index is -3.80. The Morgan fingerprint density at radius 3 is 2.38 bits per heavy atom.